The van der Waals surface area contributed by atoms with Gasteiger partial charge < -0.3 is 18.9 Å². The van der Waals surface area contributed by atoms with E-state index in [2.05, 4.69) is 4.99 Å². The molecule has 1 unspecified atom stereocenters. The van der Waals surface area contributed by atoms with Gasteiger partial charge in [-0.3, -0.25) is 9.36 Å². The largest absolute Gasteiger partial charge is 0.497 e. The highest BCUT2D eigenvalue weighted by Gasteiger charge is 2.33. The molecule has 0 bridgehead atoms. The fraction of sp³-hybridized carbons (Fsp3) is 0.240. The summed E-state index contributed by atoms with van der Waals surface area (Å²) in [4.78, 5) is 31.4. The fourth-order valence-electron chi connectivity index (χ4n) is 3.89. The Hall–Kier alpha value is -3.85. The molecule has 2 aromatic carbocycles. The van der Waals surface area contributed by atoms with Crippen LogP contribution in [0.1, 0.15) is 24.1 Å². The number of nitrogens with zero attached hydrogens (tertiary/aromatic N) is 2. The molecule has 0 spiro atoms. The van der Waals surface area contributed by atoms with Crippen molar-refractivity contribution in [1.82, 2.24) is 4.57 Å². The zero-order valence-electron chi connectivity index (χ0n) is 19.4. The maximum Gasteiger partial charge on any atom is 0.338 e. The molecule has 3 aromatic rings. The van der Waals surface area contributed by atoms with Gasteiger partial charge in [0.1, 0.15) is 17.2 Å². The van der Waals surface area contributed by atoms with Gasteiger partial charge in [0.05, 0.1) is 50.3 Å². The fourth-order valence-corrected chi connectivity index (χ4v) is 4.93. The second kappa shape index (κ2) is 9.56. The van der Waals surface area contributed by atoms with E-state index in [1.54, 1.807) is 64.7 Å². The van der Waals surface area contributed by atoms with Crippen molar-refractivity contribution in [2.45, 2.75) is 13.0 Å². The SMILES string of the molecule is COC(=O)C1=C(C)N=c2s/c(=C\c3cc(OC)ccc3OC)c(=O)n2C1c1ccc(OC)cc1. The molecule has 1 aromatic heterocycles. The predicted molar refractivity (Wildman–Crippen MR) is 128 cm³/mol. The number of carbonyl (C=O) groups excluding carboxylic acids is 1. The maximum absolute atomic E-state index is 13.7. The van der Waals surface area contributed by atoms with Crippen LogP contribution in [0.4, 0.5) is 0 Å². The van der Waals surface area contributed by atoms with E-state index in [-0.39, 0.29) is 5.56 Å². The molecule has 0 N–H and O–H groups in total. The quantitative estimate of drug-likeness (QED) is 0.504. The van der Waals surface area contributed by atoms with E-state index in [0.717, 1.165) is 5.56 Å². The molecule has 0 radical (unpaired) electrons. The van der Waals surface area contributed by atoms with Crippen LogP contribution in [0.3, 0.4) is 0 Å². The summed E-state index contributed by atoms with van der Waals surface area (Å²) in [5, 5.41) is 0. The summed E-state index contributed by atoms with van der Waals surface area (Å²) in [5.74, 6) is 1.37. The van der Waals surface area contributed by atoms with Gasteiger partial charge in [-0.15, -0.1) is 0 Å². The normalized spacial score (nSPS) is 15.4. The van der Waals surface area contributed by atoms with Crippen LogP contribution in [0.2, 0.25) is 0 Å². The lowest BCUT2D eigenvalue weighted by molar-refractivity contribution is -0.136. The number of aromatic nitrogens is 1. The number of rotatable bonds is 6. The van der Waals surface area contributed by atoms with E-state index in [9.17, 15) is 9.59 Å². The molecule has 2 heterocycles. The van der Waals surface area contributed by atoms with Crippen LogP contribution >= 0.6 is 11.3 Å². The molecular weight excluding hydrogens is 456 g/mol. The van der Waals surface area contributed by atoms with Crippen molar-refractivity contribution in [3.63, 3.8) is 0 Å². The molecule has 4 rings (SSSR count). The molecule has 34 heavy (non-hydrogen) atoms. The van der Waals surface area contributed by atoms with E-state index in [1.807, 2.05) is 12.1 Å². The van der Waals surface area contributed by atoms with Crippen molar-refractivity contribution in [3.8, 4) is 17.2 Å². The van der Waals surface area contributed by atoms with Crippen LogP contribution in [0.5, 0.6) is 17.2 Å². The van der Waals surface area contributed by atoms with Gasteiger partial charge in [-0.2, -0.15) is 0 Å². The summed E-state index contributed by atoms with van der Waals surface area (Å²) < 4.78 is 23.1. The molecule has 176 valence electrons. The van der Waals surface area contributed by atoms with Crippen LogP contribution in [0, 0.1) is 0 Å². The summed E-state index contributed by atoms with van der Waals surface area (Å²) in [5.41, 5.74) is 1.97. The lowest BCUT2D eigenvalue weighted by Crippen LogP contribution is -2.39. The molecule has 1 aliphatic heterocycles. The average Bonchev–Trinajstić information content (AvgIpc) is 3.16. The molecule has 0 amide bonds. The van der Waals surface area contributed by atoms with Crippen molar-refractivity contribution >= 4 is 23.4 Å². The molecule has 8 nitrogen and oxygen atoms in total. The van der Waals surface area contributed by atoms with Crippen molar-refractivity contribution in [1.29, 1.82) is 0 Å². The molecule has 0 saturated heterocycles. The highest BCUT2D eigenvalue weighted by atomic mass is 32.1. The zero-order chi connectivity index (χ0) is 24.4. The minimum atomic E-state index is -0.691. The first-order valence-electron chi connectivity index (χ1n) is 10.4. The van der Waals surface area contributed by atoms with E-state index >= 15 is 0 Å². The third kappa shape index (κ3) is 4.10. The number of methoxy groups -OCH3 is 4. The number of esters is 1. The lowest BCUT2D eigenvalue weighted by atomic mass is 9.96. The Balaban J connectivity index is 1.96. The van der Waals surface area contributed by atoms with E-state index in [0.29, 0.717) is 43.4 Å². The van der Waals surface area contributed by atoms with Crippen LogP contribution in [0.15, 0.2) is 63.5 Å². The Morgan fingerprint density at radius 3 is 2.29 bits per heavy atom. The van der Waals surface area contributed by atoms with Gasteiger partial charge in [-0.25, -0.2) is 9.79 Å². The first kappa shape index (κ1) is 23.3. The summed E-state index contributed by atoms with van der Waals surface area (Å²) in [6.45, 7) is 1.74. The number of thiazole rings is 1. The first-order chi connectivity index (χ1) is 16.4. The van der Waals surface area contributed by atoms with Crippen LogP contribution in [-0.4, -0.2) is 39.0 Å². The van der Waals surface area contributed by atoms with E-state index < -0.39 is 12.0 Å². The lowest BCUT2D eigenvalue weighted by Gasteiger charge is -2.24. The summed E-state index contributed by atoms with van der Waals surface area (Å²) in [7, 11) is 6.03. The molecule has 9 heteroatoms. The molecule has 0 fully saturated rings. The van der Waals surface area contributed by atoms with Gasteiger partial charge in [-0.05, 0) is 48.9 Å². The molecule has 0 aliphatic carbocycles. The van der Waals surface area contributed by atoms with Crippen LogP contribution < -0.4 is 29.1 Å². The van der Waals surface area contributed by atoms with Crippen molar-refractivity contribution in [2.75, 3.05) is 28.4 Å². The number of allylic oxidation sites excluding steroid dienone is 1. The topological polar surface area (TPSA) is 88.4 Å². The number of carbonyl (C=O) groups is 1. The summed E-state index contributed by atoms with van der Waals surface area (Å²) >= 11 is 1.24. The Labute approximate surface area is 200 Å². The number of benzene rings is 2. The van der Waals surface area contributed by atoms with Gasteiger partial charge in [-0.1, -0.05) is 23.5 Å². The number of fused-ring (bicyclic) bond motifs is 1. The summed E-state index contributed by atoms with van der Waals surface area (Å²) in [6.07, 6.45) is 1.74. The Kier molecular flexibility index (Phi) is 6.56. The Bertz CT molecular complexity index is 1450. The number of hydrogen-bond acceptors (Lipinski definition) is 8. The average molecular weight is 481 g/mol. The maximum atomic E-state index is 13.7. The third-order valence-corrected chi connectivity index (χ3v) is 6.56. The van der Waals surface area contributed by atoms with E-state index in [1.165, 1.54) is 23.0 Å². The van der Waals surface area contributed by atoms with Crippen LogP contribution in [-0.2, 0) is 9.53 Å². The standard InChI is InChI=1S/C25H24N2O6S/c1-14-21(24(29)33-5)22(15-6-8-17(30-2)9-7-15)27-23(28)20(34-25(27)26-14)13-16-12-18(31-3)10-11-19(16)32-4/h6-13,22H,1-5H3/b20-13-. The molecule has 1 aliphatic rings. The predicted octanol–water partition coefficient (Wildman–Crippen LogP) is 2.43. The van der Waals surface area contributed by atoms with Crippen molar-refractivity contribution in [3.05, 3.63) is 84.5 Å². The second-order valence-corrected chi connectivity index (χ2v) is 8.46. The Morgan fingerprint density at radius 2 is 1.68 bits per heavy atom. The van der Waals surface area contributed by atoms with E-state index in [4.69, 9.17) is 18.9 Å². The van der Waals surface area contributed by atoms with Gasteiger partial charge in [0, 0.05) is 5.56 Å². The smallest absolute Gasteiger partial charge is 0.338 e. The Morgan fingerprint density at radius 1 is 1.00 bits per heavy atom. The highest BCUT2D eigenvalue weighted by molar-refractivity contribution is 7.07. The molecular formula is C25H24N2O6S. The number of hydrogen-bond donors (Lipinski definition) is 0. The van der Waals surface area contributed by atoms with Gasteiger partial charge >= 0.3 is 5.97 Å². The van der Waals surface area contributed by atoms with Gasteiger partial charge in [0.2, 0.25) is 0 Å². The van der Waals surface area contributed by atoms with Crippen LogP contribution in [0.25, 0.3) is 6.08 Å². The minimum Gasteiger partial charge on any atom is -0.497 e. The third-order valence-electron chi connectivity index (χ3n) is 5.58. The van der Waals surface area contributed by atoms with Gasteiger partial charge in [0.15, 0.2) is 4.80 Å². The minimum absolute atomic E-state index is 0.275. The highest BCUT2D eigenvalue weighted by Crippen LogP contribution is 2.31. The summed E-state index contributed by atoms with van der Waals surface area (Å²) in [6, 6.07) is 11.9. The van der Waals surface area contributed by atoms with Gasteiger partial charge in [0.25, 0.3) is 5.56 Å². The molecule has 0 saturated carbocycles. The number of ether oxygens (including phenoxy) is 4. The zero-order valence-corrected chi connectivity index (χ0v) is 20.3. The monoisotopic (exact) mass is 480 g/mol. The second-order valence-electron chi connectivity index (χ2n) is 7.45. The van der Waals surface area contributed by atoms with Crippen molar-refractivity contribution < 1.29 is 23.7 Å². The van der Waals surface area contributed by atoms with Crippen molar-refractivity contribution in [2.24, 2.45) is 4.99 Å². The first-order valence-corrected chi connectivity index (χ1v) is 11.2. The molecule has 1 atom stereocenters.